The normalized spacial score (nSPS) is 12.7. The Morgan fingerprint density at radius 2 is 0.600 bits per heavy atom. The molecule has 0 N–H and O–H groups in total. The van der Waals surface area contributed by atoms with Crippen molar-refractivity contribution in [1.82, 2.24) is 0 Å². The molecule has 0 rings (SSSR count). The highest BCUT2D eigenvalue weighted by atomic mass is 16.6. The van der Waals surface area contributed by atoms with E-state index in [1.54, 1.807) is 0 Å². The molecule has 0 amide bonds. The highest BCUT2D eigenvalue weighted by Gasteiger charge is 2.19. The minimum Gasteiger partial charge on any atom is -0.462 e. The first-order chi connectivity index (χ1) is 32.0. The highest BCUT2D eigenvalue weighted by molar-refractivity contribution is 5.71. The number of hydrogen-bond donors (Lipinski definition) is 0. The van der Waals surface area contributed by atoms with Crippen molar-refractivity contribution in [2.75, 3.05) is 13.2 Å². The first-order valence-electron chi connectivity index (χ1n) is 27.1. The van der Waals surface area contributed by atoms with Crippen LogP contribution in [-0.4, -0.2) is 37.2 Å². The van der Waals surface area contributed by atoms with Gasteiger partial charge in [0, 0.05) is 19.3 Å². The molecule has 0 heterocycles. The van der Waals surface area contributed by atoms with E-state index in [4.69, 9.17) is 14.2 Å². The molecule has 0 radical (unpaired) electrons. The number of carbonyl (C=O) groups is 3. The minimum absolute atomic E-state index is 0.0942. The summed E-state index contributed by atoms with van der Waals surface area (Å²) >= 11 is 0. The zero-order valence-corrected chi connectivity index (χ0v) is 42.5. The van der Waals surface area contributed by atoms with Gasteiger partial charge in [-0.3, -0.25) is 14.4 Å². The minimum atomic E-state index is -0.797. The van der Waals surface area contributed by atoms with Gasteiger partial charge >= 0.3 is 17.9 Å². The SMILES string of the molecule is CC/C=C\C/C=C\C/C=C\C/C=C\CCCCC(=O)OC(COC(=O)CCCCCCCCC)COC(=O)CCCCCCCCCCCC/C=C\C/C=C\C/C=C\CCCCCCC. The molecule has 0 saturated heterocycles. The Bertz CT molecular complexity index is 1270. The molecule has 0 bridgehead atoms. The van der Waals surface area contributed by atoms with E-state index in [9.17, 15) is 14.4 Å². The third-order valence-electron chi connectivity index (χ3n) is 11.4. The molecule has 0 aromatic heterocycles. The average molecular weight is 905 g/mol. The lowest BCUT2D eigenvalue weighted by Crippen LogP contribution is -2.30. The second-order valence-electron chi connectivity index (χ2n) is 17.8. The smallest absolute Gasteiger partial charge is 0.306 e. The predicted octanol–water partition coefficient (Wildman–Crippen LogP) is 18.0. The summed E-state index contributed by atoms with van der Waals surface area (Å²) in [4.78, 5) is 37.8. The van der Waals surface area contributed by atoms with E-state index >= 15 is 0 Å². The lowest BCUT2D eigenvalue weighted by atomic mass is 10.1. The van der Waals surface area contributed by atoms with Gasteiger partial charge in [0.1, 0.15) is 13.2 Å². The van der Waals surface area contributed by atoms with E-state index in [0.29, 0.717) is 19.3 Å². The maximum atomic E-state index is 12.7. The summed E-state index contributed by atoms with van der Waals surface area (Å²) in [5, 5.41) is 0. The van der Waals surface area contributed by atoms with Crippen molar-refractivity contribution in [1.29, 1.82) is 0 Å². The number of ether oxygens (including phenoxy) is 3. The summed E-state index contributed by atoms with van der Waals surface area (Å²) in [5.74, 6) is -0.947. The molecule has 0 aromatic rings. The molecule has 6 nitrogen and oxygen atoms in total. The number of carbonyl (C=O) groups excluding carboxylic acids is 3. The quantitative estimate of drug-likeness (QED) is 0.0262. The van der Waals surface area contributed by atoms with Gasteiger partial charge in [0.15, 0.2) is 6.10 Å². The Morgan fingerprint density at radius 3 is 0.969 bits per heavy atom. The van der Waals surface area contributed by atoms with E-state index in [1.165, 1.54) is 116 Å². The zero-order valence-electron chi connectivity index (χ0n) is 42.5. The van der Waals surface area contributed by atoms with Crippen molar-refractivity contribution in [3.8, 4) is 0 Å². The van der Waals surface area contributed by atoms with Crippen molar-refractivity contribution in [3.05, 3.63) is 85.1 Å². The number of esters is 3. The van der Waals surface area contributed by atoms with Crippen molar-refractivity contribution in [3.63, 3.8) is 0 Å². The lowest BCUT2D eigenvalue weighted by molar-refractivity contribution is -0.167. The Hall–Kier alpha value is -3.41. The van der Waals surface area contributed by atoms with Gasteiger partial charge in [-0.2, -0.15) is 0 Å². The van der Waals surface area contributed by atoms with E-state index in [2.05, 4.69) is 106 Å². The number of allylic oxidation sites excluding steroid dienone is 14. The van der Waals surface area contributed by atoms with Crippen LogP contribution in [-0.2, 0) is 28.6 Å². The van der Waals surface area contributed by atoms with Gasteiger partial charge in [-0.1, -0.05) is 221 Å². The van der Waals surface area contributed by atoms with Gasteiger partial charge in [-0.25, -0.2) is 0 Å². The molecule has 372 valence electrons. The van der Waals surface area contributed by atoms with E-state index < -0.39 is 6.10 Å². The molecule has 65 heavy (non-hydrogen) atoms. The van der Waals surface area contributed by atoms with Crippen molar-refractivity contribution < 1.29 is 28.6 Å². The summed E-state index contributed by atoms with van der Waals surface area (Å²) in [5.41, 5.74) is 0. The van der Waals surface area contributed by atoms with Gasteiger partial charge in [-0.05, 0) is 96.3 Å². The fraction of sp³-hybridized carbons (Fsp3) is 0.712. The second kappa shape index (κ2) is 53.2. The summed E-state index contributed by atoms with van der Waals surface area (Å²) in [7, 11) is 0. The van der Waals surface area contributed by atoms with E-state index in [0.717, 1.165) is 89.9 Å². The average Bonchev–Trinajstić information content (AvgIpc) is 3.30. The maximum absolute atomic E-state index is 12.7. The van der Waals surface area contributed by atoms with Gasteiger partial charge in [0.25, 0.3) is 0 Å². The van der Waals surface area contributed by atoms with Crippen molar-refractivity contribution >= 4 is 17.9 Å². The van der Waals surface area contributed by atoms with Gasteiger partial charge < -0.3 is 14.2 Å². The van der Waals surface area contributed by atoms with Crippen LogP contribution in [0.2, 0.25) is 0 Å². The van der Waals surface area contributed by atoms with Gasteiger partial charge in [0.2, 0.25) is 0 Å². The molecule has 0 spiro atoms. The van der Waals surface area contributed by atoms with E-state index in [1.807, 2.05) is 0 Å². The molecular weight excluding hydrogens is 805 g/mol. The summed E-state index contributed by atoms with van der Waals surface area (Å²) in [6, 6.07) is 0. The first kappa shape index (κ1) is 61.6. The van der Waals surface area contributed by atoms with Crippen LogP contribution >= 0.6 is 0 Å². The second-order valence-corrected chi connectivity index (χ2v) is 17.8. The predicted molar refractivity (Wildman–Crippen MR) is 279 cm³/mol. The van der Waals surface area contributed by atoms with Gasteiger partial charge in [-0.15, -0.1) is 0 Å². The van der Waals surface area contributed by atoms with Crippen LogP contribution in [0.25, 0.3) is 0 Å². The fourth-order valence-corrected chi connectivity index (χ4v) is 7.32. The maximum Gasteiger partial charge on any atom is 0.306 e. The Morgan fingerprint density at radius 1 is 0.323 bits per heavy atom. The van der Waals surface area contributed by atoms with Crippen LogP contribution in [0.15, 0.2) is 85.1 Å². The van der Waals surface area contributed by atoms with Crippen LogP contribution in [0.1, 0.15) is 252 Å². The van der Waals surface area contributed by atoms with E-state index in [-0.39, 0.29) is 37.5 Å². The van der Waals surface area contributed by atoms with Crippen LogP contribution in [0.3, 0.4) is 0 Å². The molecule has 0 aliphatic carbocycles. The number of hydrogen-bond acceptors (Lipinski definition) is 6. The number of rotatable bonds is 48. The summed E-state index contributed by atoms with van der Waals surface area (Å²) in [6.07, 6.45) is 68.8. The van der Waals surface area contributed by atoms with Crippen LogP contribution in [0, 0.1) is 0 Å². The third kappa shape index (κ3) is 51.4. The molecule has 0 aromatic carbocycles. The zero-order chi connectivity index (χ0) is 47.2. The molecule has 0 aliphatic heterocycles. The third-order valence-corrected chi connectivity index (χ3v) is 11.4. The molecule has 6 heteroatoms. The molecule has 0 aliphatic rings. The summed E-state index contributed by atoms with van der Waals surface area (Å²) in [6.45, 7) is 6.43. The highest BCUT2D eigenvalue weighted by Crippen LogP contribution is 2.14. The van der Waals surface area contributed by atoms with Crippen molar-refractivity contribution in [2.45, 2.75) is 258 Å². The molecule has 1 unspecified atom stereocenters. The Labute approximate surface area is 401 Å². The van der Waals surface area contributed by atoms with Crippen molar-refractivity contribution in [2.24, 2.45) is 0 Å². The Balaban J connectivity index is 4.23. The van der Waals surface area contributed by atoms with Crippen LogP contribution in [0.4, 0.5) is 0 Å². The fourth-order valence-electron chi connectivity index (χ4n) is 7.32. The van der Waals surface area contributed by atoms with Gasteiger partial charge in [0.05, 0.1) is 0 Å². The molecule has 0 fully saturated rings. The monoisotopic (exact) mass is 905 g/mol. The molecule has 0 saturated carbocycles. The van der Waals surface area contributed by atoms with Crippen LogP contribution in [0.5, 0.6) is 0 Å². The largest absolute Gasteiger partial charge is 0.462 e. The molecule has 1 atom stereocenters. The summed E-state index contributed by atoms with van der Waals surface area (Å²) < 4.78 is 16.7. The first-order valence-corrected chi connectivity index (χ1v) is 27.1. The topological polar surface area (TPSA) is 78.9 Å². The Kier molecular flexibility index (Phi) is 50.4. The standard InChI is InChI=1S/C59H100O6/c1-4-7-10-13-16-18-20-22-24-25-26-27-28-29-30-31-32-33-35-36-38-40-43-46-49-52-58(61)64-55-56(54-63-57(60)51-48-45-42-15-12-9-6-3)65-59(62)53-50-47-44-41-39-37-34-23-21-19-17-14-11-8-5-2/h8,11,17,19-20,22-23,25-26,28-29,34,39,41,56H,4-7,9-10,12-16,18,21,24,27,30-33,35-38,40,42-55H2,1-3H3/b11-8-,19-17-,22-20-,26-25-,29-28-,34-23-,41-39-. The van der Waals surface area contributed by atoms with Crippen LogP contribution < -0.4 is 0 Å². The lowest BCUT2D eigenvalue weighted by Gasteiger charge is -2.18. The number of unbranched alkanes of at least 4 members (excludes halogenated alkanes) is 23. The molecular formula is C59H100O6.